The summed E-state index contributed by atoms with van der Waals surface area (Å²) in [6.07, 6.45) is 5.45. The van der Waals surface area contributed by atoms with Crippen LogP contribution < -0.4 is 5.32 Å². The molecule has 0 bridgehead atoms. The molecular weight excluding hydrogens is 330 g/mol. The lowest BCUT2D eigenvalue weighted by Gasteiger charge is -2.25. The van der Waals surface area contributed by atoms with Gasteiger partial charge in [-0.05, 0) is 70.8 Å². The summed E-state index contributed by atoms with van der Waals surface area (Å²) in [6.45, 7) is 2.13. The molecule has 0 amide bonds. The number of benzene rings is 1. The van der Waals surface area contributed by atoms with Crippen LogP contribution in [0.1, 0.15) is 42.2 Å². The minimum atomic E-state index is 0.455. The summed E-state index contributed by atoms with van der Waals surface area (Å²) >= 11 is 5.56. The molecule has 0 saturated heterocycles. The van der Waals surface area contributed by atoms with Gasteiger partial charge in [0.15, 0.2) is 0 Å². The molecule has 3 rings (SSSR count). The zero-order chi connectivity index (χ0) is 13.9. The molecule has 1 aliphatic carbocycles. The summed E-state index contributed by atoms with van der Waals surface area (Å²) in [5.41, 5.74) is 2.50. The van der Waals surface area contributed by atoms with Crippen LogP contribution in [0, 0.1) is 12.8 Å². The van der Waals surface area contributed by atoms with Gasteiger partial charge in [-0.2, -0.15) is 0 Å². The third-order valence-electron chi connectivity index (χ3n) is 4.16. The minimum Gasteiger partial charge on any atom is -0.376 e. The molecule has 0 aliphatic heterocycles. The number of nitrogens with one attached hydrogen (secondary N) is 1. The van der Waals surface area contributed by atoms with Gasteiger partial charge in [0.2, 0.25) is 0 Å². The predicted octanol–water partition coefficient (Wildman–Crippen LogP) is 6.16. The third-order valence-corrected chi connectivity index (χ3v) is 5.77. The molecule has 1 unspecified atom stereocenters. The summed E-state index contributed by atoms with van der Waals surface area (Å²) < 4.78 is 1.16. The van der Waals surface area contributed by atoms with E-state index in [-0.39, 0.29) is 0 Å². The summed E-state index contributed by atoms with van der Waals surface area (Å²) in [7, 11) is 0. The van der Waals surface area contributed by atoms with E-state index in [0.717, 1.165) is 10.4 Å². The molecule has 1 heterocycles. The van der Waals surface area contributed by atoms with Crippen LogP contribution in [0.5, 0.6) is 0 Å². The monoisotopic (exact) mass is 349 g/mol. The first-order valence-electron chi connectivity index (χ1n) is 7.30. The Labute approximate surface area is 133 Å². The van der Waals surface area contributed by atoms with E-state index in [1.54, 1.807) is 0 Å². The number of aryl methyl sites for hydroxylation is 1. The van der Waals surface area contributed by atoms with Crippen LogP contribution in [0.3, 0.4) is 0 Å². The molecule has 1 nitrogen and oxygen atoms in total. The highest BCUT2D eigenvalue weighted by Crippen LogP contribution is 2.40. The molecule has 3 heteroatoms. The van der Waals surface area contributed by atoms with Crippen LogP contribution in [0.25, 0.3) is 0 Å². The first kappa shape index (κ1) is 14.2. The van der Waals surface area contributed by atoms with Gasteiger partial charge in [0.05, 0.1) is 6.04 Å². The van der Waals surface area contributed by atoms with Gasteiger partial charge in [-0.1, -0.05) is 25.0 Å². The van der Waals surface area contributed by atoms with E-state index >= 15 is 0 Å². The van der Waals surface area contributed by atoms with Gasteiger partial charge >= 0.3 is 0 Å². The lowest BCUT2D eigenvalue weighted by atomic mass is 9.96. The molecule has 1 aromatic heterocycles. The first-order valence-corrected chi connectivity index (χ1v) is 8.97. The topological polar surface area (TPSA) is 12.0 Å². The van der Waals surface area contributed by atoms with Crippen molar-refractivity contribution in [2.24, 2.45) is 5.92 Å². The van der Waals surface area contributed by atoms with Crippen molar-refractivity contribution in [3.05, 3.63) is 50.6 Å². The van der Waals surface area contributed by atoms with Gasteiger partial charge in [0.1, 0.15) is 0 Å². The van der Waals surface area contributed by atoms with Gasteiger partial charge in [0.25, 0.3) is 0 Å². The van der Waals surface area contributed by atoms with Crippen LogP contribution in [0.2, 0.25) is 0 Å². The molecule has 1 fully saturated rings. The Balaban J connectivity index is 1.86. The smallest absolute Gasteiger partial charge is 0.0635 e. The number of hydrogen-bond donors (Lipinski definition) is 1. The highest BCUT2D eigenvalue weighted by molar-refractivity contribution is 9.10. The lowest BCUT2D eigenvalue weighted by Crippen LogP contribution is -2.18. The highest BCUT2D eigenvalue weighted by Gasteiger charge is 2.27. The quantitative estimate of drug-likeness (QED) is 0.696. The molecule has 0 radical (unpaired) electrons. The van der Waals surface area contributed by atoms with Crippen molar-refractivity contribution in [1.82, 2.24) is 0 Å². The molecule has 1 saturated carbocycles. The lowest BCUT2D eigenvalue weighted by molar-refractivity contribution is 0.475. The molecule has 1 N–H and O–H groups in total. The Bertz CT molecular complexity index is 558. The second-order valence-corrected chi connectivity index (χ2v) is 7.50. The molecule has 2 aromatic rings. The molecule has 1 aromatic carbocycles. The largest absolute Gasteiger partial charge is 0.376 e. The van der Waals surface area contributed by atoms with Gasteiger partial charge in [-0.25, -0.2) is 0 Å². The summed E-state index contributed by atoms with van der Waals surface area (Å²) in [6, 6.07) is 11.4. The molecule has 20 heavy (non-hydrogen) atoms. The van der Waals surface area contributed by atoms with Crippen molar-refractivity contribution in [1.29, 1.82) is 0 Å². The minimum absolute atomic E-state index is 0.455. The Morgan fingerprint density at radius 3 is 2.70 bits per heavy atom. The standard InChI is InChI=1S/C17H20BrNS/c1-12-8-9-15(14(18)11-12)19-17(13-5-2-3-6-13)16-7-4-10-20-16/h4,7-11,13,17,19H,2-3,5-6H2,1H3. The van der Waals surface area contributed by atoms with Gasteiger partial charge in [-0.3, -0.25) is 0 Å². The fraction of sp³-hybridized carbons (Fsp3) is 0.412. The number of rotatable bonds is 4. The Morgan fingerprint density at radius 2 is 2.05 bits per heavy atom. The van der Waals surface area contributed by atoms with E-state index in [2.05, 4.69) is 63.9 Å². The highest BCUT2D eigenvalue weighted by atomic mass is 79.9. The maximum Gasteiger partial charge on any atom is 0.0635 e. The van der Waals surface area contributed by atoms with Crippen LogP contribution in [0.15, 0.2) is 40.2 Å². The maximum atomic E-state index is 3.78. The summed E-state index contributed by atoms with van der Waals surface area (Å²) in [5.74, 6) is 0.766. The Hall–Kier alpha value is -0.800. The van der Waals surface area contributed by atoms with Gasteiger partial charge in [-0.15, -0.1) is 11.3 Å². The Morgan fingerprint density at radius 1 is 1.25 bits per heavy atom. The van der Waals surface area contributed by atoms with Crippen LogP contribution in [0.4, 0.5) is 5.69 Å². The fourth-order valence-electron chi connectivity index (χ4n) is 3.08. The van der Waals surface area contributed by atoms with E-state index in [9.17, 15) is 0 Å². The van der Waals surface area contributed by atoms with Crippen LogP contribution in [-0.2, 0) is 0 Å². The molecular formula is C17H20BrNS. The predicted molar refractivity (Wildman–Crippen MR) is 91.5 cm³/mol. The van der Waals surface area contributed by atoms with E-state index in [1.165, 1.54) is 41.8 Å². The second kappa shape index (κ2) is 6.31. The maximum absolute atomic E-state index is 3.78. The first-order chi connectivity index (χ1) is 9.74. The van der Waals surface area contributed by atoms with E-state index in [1.807, 2.05) is 11.3 Å². The normalized spacial score (nSPS) is 17.3. The zero-order valence-electron chi connectivity index (χ0n) is 11.7. The van der Waals surface area contributed by atoms with Crippen LogP contribution in [-0.4, -0.2) is 0 Å². The van der Waals surface area contributed by atoms with Crippen molar-refractivity contribution in [3.8, 4) is 0 Å². The number of thiophene rings is 1. The molecule has 1 atom stereocenters. The van der Waals surface area contributed by atoms with Crippen molar-refractivity contribution < 1.29 is 0 Å². The van der Waals surface area contributed by atoms with Crippen molar-refractivity contribution >= 4 is 33.0 Å². The van der Waals surface area contributed by atoms with Crippen molar-refractivity contribution in [2.75, 3.05) is 5.32 Å². The zero-order valence-corrected chi connectivity index (χ0v) is 14.1. The van der Waals surface area contributed by atoms with Crippen molar-refractivity contribution in [3.63, 3.8) is 0 Å². The Kier molecular flexibility index (Phi) is 4.47. The summed E-state index contributed by atoms with van der Waals surface area (Å²) in [4.78, 5) is 1.46. The van der Waals surface area contributed by atoms with Crippen LogP contribution >= 0.6 is 27.3 Å². The number of halogens is 1. The number of hydrogen-bond acceptors (Lipinski definition) is 2. The van der Waals surface area contributed by atoms with E-state index in [4.69, 9.17) is 0 Å². The molecule has 1 aliphatic rings. The third kappa shape index (κ3) is 3.09. The molecule has 106 valence electrons. The van der Waals surface area contributed by atoms with E-state index in [0.29, 0.717) is 6.04 Å². The second-order valence-electron chi connectivity index (χ2n) is 5.67. The fourth-order valence-corrected chi connectivity index (χ4v) is 4.56. The molecule has 0 spiro atoms. The van der Waals surface area contributed by atoms with Gasteiger partial charge < -0.3 is 5.32 Å². The van der Waals surface area contributed by atoms with E-state index < -0.39 is 0 Å². The number of anilines is 1. The summed E-state index contributed by atoms with van der Waals surface area (Å²) in [5, 5.41) is 5.97. The van der Waals surface area contributed by atoms with Gasteiger partial charge in [0, 0.05) is 15.0 Å². The average molecular weight is 350 g/mol. The average Bonchev–Trinajstić information content (AvgIpc) is 3.11. The van der Waals surface area contributed by atoms with Crippen molar-refractivity contribution in [2.45, 2.75) is 38.6 Å². The SMILES string of the molecule is Cc1ccc(NC(c2cccs2)C2CCCC2)c(Br)c1.